The first-order valence-corrected chi connectivity index (χ1v) is 10.2. The third kappa shape index (κ3) is 4.27. The van der Waals surface area contributed by atoms with Gasteiger partial charge in [0.1, 0.15) is 5.69 Å². The van der Waals surface area contributed by atoms with E-state index in [4.69, 9.17) is 0 Å². The van der Waals surface area contributed by atoms with Crippen molar-refractivity contribution in [1.82, 2.24) is 4.90 Å². The topological polar surface area (TPSA) is 95.8 Å². The molecule has 8 nitrogen and oxygen atoms in total. The predicted octanol–water partition coefficient (Wildman–Crippen LogP) is 3.57. The number of nitrogens with one attached hydrogen (secondary N) is 1. The summed E-state index contributed by atoms with van der Waals surface area (Å²) in [6.07, 6.45) is 3.49. The summed E-state index contributed by atoms with van der Waals surface area (Å²) in [5.41, 5.74) is 2.27. The molecule has 0 unspecified atom stereocenters. The molecular weight excluding hydrogens is 384 g/mol. The molecule has 0 aliphatic carbocycles. The highest BCUT2D eigenvalue weighted by molar-refractivity contribution is 6.05. The van der Waals surface area contributed by atoms with Crippen LogP contribution in [0.25, 0.3) is 0 Å². The zero-order chi connectivity index (χ0) is 21.1. The van der Waals surface area contributed by atoms with Crippen LogP contribution in [-0.2, 0) is 11.3 Å². The Morgan fingerprint density at radius 2 is 1.87 bits per heavy atom. The van der Waals surface area contributed by atoms with Crippen molar-refractivity contribution in [2.45, 2.75) is 32.2 Å². The van der Waals surface area contributed by atoms with Crippen LogP contribution >= 0.6 is 0 Å². The summed E-state index contributed by atoms with van der Waals surface area (Å²) in [6, 6.07) is 12.0. The van der Waals surface area contributed by atoms with Crippen molar-refractivity contribution >= 4 is 28.9 Å². The van der Waals surface area contributed by atoms with E-state index < -0.39 is 10.8 Å². The minimum Gasteiger partial charge on any atom is -0.366 e. The number of benzene rings is 2. The van der Waals surface area contributed by atoms with Gasteiger partial charge in [0.2, 0.25) is 5.91 Å². The van der Waals surface area contributed by atoms with Crippen LogP contribution in [0.1, 0.15) is 41.6 Å². The van der Waals surface area contributed by atoms with Gasteiger partial charge in [-0.05, 0) is 49.1 Å². The summed E-state index contributed by atoms with van der Waals surface area (Å²) in [5.74, 6) is -0.254. The van der Waals surface area contributed by atoms with Crippen LogP contribution in [0, 0.1) is 10.1 Å². The van der Waals surface area contributed by atoms with E-state index in [1.165, 1.54) is 6.07 Å². The fourth-order valence-corrected chi connectivity index (χ4v) is 4.08. The number of amides is 2. The van der Waals surface area contributed by atoms with Crippen LogP contribution in [0.5, 0.6) is 0 Å². The molecule has 4 rings (SSSR count). The van der Waals surface area contributed by atoms with Gasteiger partial charge < -0.3 is 15.1 Å². The second-order valence-corrected chi connectivity index (χ2v) is 7.73. The number of hydrogen-bond donors (Lipinski definition) is 1. The number of nitro groups is 1. The van der Waals surface area contributed by atoms with Gasteiger partial charge in [-0.1, -0.05) is 12.1 Å². The molecule has 2 aliphatic heterocycles. The lowest BCUT2D eigenvalue weighted by atomic mass is 10.1. The minimum absolute atomic E-state index is 0.0501. The van der Waals surface area contributed by atoms with Crippen LogP contribution in [-0.4, -0.2) is 41.3 Å². The van der Waals surface area contributed by atoms with Gasteiger partial charge in [0.15, 0.2) is 0 Å². The first kappa shape index (κ1) is 19.9. The molecule has 0 bridgehead atoms. The van der Waals surface area contributed by atoms with E-state index in [0.29, 0.717) is 24.3 Å². The molecule has 156 valence electrons. The lowest BCUT2D eigenvalue weighted by Crippen LogP contribution is -2.23. The van der Waals surface area contributed by atoms with Crippen molar-refractivity contribution in [3.8, 4) is 0 Å². The van der Waals surface area contributed by atoms with E-state index >= 15 is 0 Å². The molecule has 2 amide bonds. The number of carbonyl (C=O) groups is 2. The number of nitro benzene ring substituents is 1. The Kier molecular flexibility index (Phi) is 5.65. The largest absolute Gasteiger partial charge is 0.366 e. The van der Waals surface area contributed by atoms with Crippen LogP contribution in [0.4, 0.5) is 17.1 Å². The van der Waals surface area contributed by atoms with E-state index in [9.17, 15) is 19.7 Å². The number of likely N-dealkylation sites (tertiary alicyclic amines) is 1. The summed E-state index contributed by atoms with van der Waals surface area (Å²) < 4.78 is 0. The molecule has 2 aromatic rings. The maximum Gasteiger partial charge on any atom is 0.293 e. The lowest BCUT2D eigenvalue weighted by molar-refractivity contribution is -0.384. The molecule has 0 aromatic heterocycles. The Hall–Kier alpha value is -3.42. The van der Waals surface area contributed by atoms with Crippen molar-refractivity contribution in [2.75, 3.05) is 29.9 Å². The van der Waals surface area contributed by atoms with Gasteiger partial charge in [-0.25, -0.2) is 0 Å². The number of rotatable bonds is 6. The standard InChI is InChI=1S/C22H24N4O4/c27-21-7-4-12-25(21)15-16-5-3-6-18(13-16)23-22(28)17-8-9-19(20(14-17)26(29)30)24-10-1-2-11-24/h3,5-6,8-9,13-14H,1-2,4,7,10-12,15H2,(H,23,28). The number of nitrogens with zero attached hydrogens (tertiary/aromatic N) is 3. The third-order valence-corrected chi connectivity index (χ3v) is 5.61. The molecule has 8 heteroatoms. The molecule has 0 radical (unpaired) electrons. The molecular formula is C22H24N4O4. The Balaban J connectivity index is 1.49. The van der Waals surface area contributed by atoms with Gasteiger partial charge in [0.05, 0.1) is 4.92 Å². The Labute approximate surface area is 174 Å². The van der Waals surface area contributed by atoms with E-state index in [2.05, 4.69) is 5.32 Å². The van der Waals surface area contributed by atoms with E-state index in [1.54, 1.807) is 23.1 Å². The Morgan fingerprint density at radius 3 is 2.57 bits per heavy atom. The highest BCUT2D eigenvalue weighted by Crippen LogP contribution is 2.32. The summed E-state index contributed by atoms with van der Waals surface area (Å²) in [5, 5.41) is 14.4. The van der Waals surface area contributed by atoms with Gasteiger partial charge in [0.25, 0.3) is 11.6 Å². The van der Waals surface area contributed by atoms with Gasteiger partial charge >= 0.3 is 0 Å². The molecule has 1 N–H and O–H groups in total. The molecule has 2 aromatic carbocycles. The van der Waals surface area contributed by atoms with Crippen molar-refractivity contribution in [1.29, 1.82) is 0 Å². The summed E-state index contributed by atoms with van der Waals surface area (Å²) >= 11 is 0. The number of anilines is 2. The average Bonchev–Trinajstić information content (AvgIpc) is 3.40. The summed E-state index contributed by atoms with van der Waals surface area (Å²) in [6.45, 7) is 2.85. The van der Waals surface area contributed by atoms with Crippen LogP contribution in [0.15, 0.2) is 42.5 Å². The zero-order valence-electron chi connectivity index (χ0n) is 16.7. The van der Waals surface area contributed by atoms with E-state index in [1.807, 2.05) is 23.1 Å². The van der Waals surface area contributed by atoms with Crippen LogP contribution < -0.4 is 10.2 Å². The highest BCUT2D eigenvalue weighted by atomic mass is 16.6. The average molecular weight is 408 g/mol. The smallest absolute Gasteiger partial charge is 0.293 e. The fourth-order valence-electron chi connectivity index (χ4n) is 4.08. The molecule has 2 saturated heterocycles. The van der Waals surface area contributed by atoms with Crippen molar-refractivity contribution < 1.29 is 14.5 Å². The van der Waals surface area contributed by atoms with Gasteiger partial charge in [-0.3, -0.25) is 19.7 Å². The Morgan fingerprint density at radius 1 is 1.07 bits per heavy atom. The number of carbonyl (C=O) groups excluding carboxylic acids is 2. The van der Waals surface area contributed by atoms with Crippen LogP contribution in [0.3, 0.4) is 0 Å². The molecule has 30 heavy (non-hydrogen) atoms. The molecule has 0 atom stereocenters. The summed E-state index contributed by atoms with van der Waals surface area (Å²) in [4.78, 5) is 39.5. The van der Waals surface area contributed by atoms with Crippen LogP contribution in [0.2, 0.25) is 0 Å². The molecule has 2 fully saturated rings. The first-order valence-electron chi connectivity index (χ1n) is 10.2. The zero-order valence-corrected chi connectivity index (χ0v) is 16.7. The Bertz CT molecular complexity index is 985. The molecule has 0 saturated carbocycles. The third-order valence-electron chi connectivity index (χ3n) is 5.61. The number of hydrogen-bond acceptors (Lipinski definition) is 5. The normalized spacial score (nSPS) is 16.2. The maximum atomic E-state index is 12.7. The monoisotopic (exact) mass is 408 g/mol. The second kappa shape index (κ2) is 8.52. The van der Waals surface area contributed by atoms with Crippen molar-refractivity contribution in [2.24, 2.45) is 0 Å². The highest BCUT2D eigenvalue weighted by Gasteiger charge is 2.24. The van der Waals surface area contributed by atoms with Crippen molar-refractivity contribution in [3.05, 3.63) is 63.7 Å². The van der Waals surface area contributed by atoms with Gasteiger partial charge in [0, 0.05) is 49.9 Å². The van der Waals surface area contributed by atoms with E-state index in [0.717, 1.165) is 44.5 Å². The second-order valence-electron chi connectivity index (χ2n) is 7.73. The van der Waals surface area contributed by atoms with E-state index in [-0.39, 0.29) is 17.2 Å². The molecule has 2 heterocycles. The SMILES string of the molecule is O=C(Nc1cccc(CN2CCCC2=O)c1)c1ccc(N2CCCC2)c([N+](=O)[O-])c1. The molecule has 0 spiro atoms. The maximum absolute atomic E-state index is 12.7. The first-order chi connectivity index (χ1) is 14.5. The molecule has 2 aliphatic rings. The lowest BCUT2D eigenvalue weighted by Gasteiger charge is -2.18. The van der Waals surface area contributed by atoms with Gasteiger partial charge in [-0.2, -0.15) is 0 Å². The quantitative estimate of drug-likeness (QED) is 0.582. The predicted molar refractivity (Wildman–Crippen MR) is 114 cm³/mol. The fraction of sp³-hybridized carbons (Fsp3) is 0.364. The van der Waals surface area contributed by atoms with Crippen molar-refractivity contribution in [3.63, 3.8) is 0 Å². The minimum atomic E-state index is -0.432. The van der Waals surface area contributed by atoms with Gasteiger partial charge in [-0.15, -0.1) is 0 Å². The summed E-state index contributed by atoms with van der Waals surface area (Å²) in [7, 11) is 0.